The molecule has 0 atom stereocenters. The van der Waals surface area contributed by atoms with Crippen molar-refractivity contribution in [3.8, 4) is 11.8 Å². The van der Waals surface area contributed by atoms with Gasteiger partial charge in [0.2, 0.25) is 0 Å². The molecule has 0 aliphatic rings. The maximum Gasteiger partial charge on any atom is 0.399 e. The van der Waals surface area contributed by atoms with Crippen LogP contribution < -0.4 is 5.73 Å². The molecule has 0 aliphatic carbocycles. The predicted octanol–water partition coefficient (Wildman–Crippen LogP) is 1.97. The second-order valence-corrected chi connectivity index (χ2v) is 2.54. The molecule has 0 bridgehead atoms. The quantitative estimate of drug-likeness (QED) is 0.650. The second kappa shape index (κ2) is 4.01. The first-order valence-electron chi connectivity index (χ1n) is 3.75. The molecular weight excluding hydrogens is 193 g/mol. The first-order chi connectivity index (χ1) is 6.47. The fourth-order valence-electron chi connectivity index (χ4n) is 0.756. The number of rotatable bonds is 0. The van der Waals surface area contributed by atoms with Crippen LogP contribution in [0.5, 0.6) is 0 Å². The van der Waals surface area contributed by atoms with Crippen LogP contribution in [0.1, 0.15) is 12.1 Å². The molecule has 0 fully saturated rings. The van der Waals surface area contributed by atoms with E-state index in [4.69, 9.17) is 5.73 Å². The number of halogens is 3. The van der Waals surface area contributed by atoms with E-state index in [1.54, 1.807) is 6.07 Å². The summed E-state index contributed by atoms with van der Waals surface area (Å²) < 4.78 is 35.1. The Balaban J connectivity index is 2.69. The van der Waals surface area contributed by atoms with Crippen LogP contribution in [0.3, 0.4) is 0 Å². The molecule has 0 saturated heterocycles. The highest BCUT2D eigenvalue weighted by molar-refractivity contribution is 5.36. The smallest absolute Gasteiger partial charge is 0.384 e. The average Bonchev–Trinajstić information content (AvgIpc) is 2.01. The number of alkyl halides is 3. The Hall–Kier alpha value is -1.70. The molecule has 5 heteroatoms. The third-order valence-corrected chi connectivity index (χ3v) is 1.28. The highest BCUT2D eigenvalue weighted by Gasteiger charge is 2.25. The minimum absolute atomic E-state index is 0.240. The summed E-state index contributed by atoms with van der Waals surface area (Å²) in [6.07, 6.45) is -5.39. The summed E-state index contributed by atoms with van der Waals surface area (Å²) in [5.41, 5.74) is 5.56. The van der Waals surface area contributed by atoms with Crippen LogP contribution in [0.4, 0.5) is 19.0 Å². The summed E-state index contributed by atoms with van der Waals surface area (Å²) >= 11 is 0. The van der Waals surface area contributed by atoms with Gasteiger partial charge in [0.25, 0.3) is 0 Å². The van der Waals surface area contributed by atoms with Gasteiger partial charge in [-0.25, -0.2) is 4.98 Å². The van der Waals surface area contributed by atoms with Gasteiger partial charge in [-0.05, 0) is 18.1 Å². The van der Waals surface area contributed by atoms with Crippen molar-refractivity contribution in [1.29, 1.82) is 0 Å². The number of nitrogens with two attached hydrogens (primary N) is 1. The first kappa shape index (κ1) is 10.4. The van der Waals surface area contributed by atoms with Gasteiger partial charge in [-0.15, -0.1) is 0 Å². The van der Waals surface area contributed by atoms with Gasteiger partial charge < -0.3 is 5.73 Å². The van der Waals surface area contributed by atoms with Gasteiger partial charge in [-0.2, -0.15) is 13.2 Å². The van der Waals surface area contributed by atoms with Gasteiger partial charge >= 0.3 is 6.18 Å². The molecule has 0 radical (unpaired) electrons. The van der Waals surface area contributed by atoms with Crippen LogP contribution in [-0.2, 0) is 0 Å². The van der Waals surface area contributed by atoms with Crippen molar-refractivity contribution in [2.75, 3.05) is 5.73 Å². The van der Waals surface area contributed by atoms with E-state index in [2.05, 4.69) is 10.9 Å². The molecule has 2 nitrogen and oxygen atoms in total. The van der Waals surface area contributed by atoms with Crippen molar-refractivity contribution in [3.05, 3.63) is 23.9 Å². The summed E-state index contributed by atoms with van der Waals surface area (Å²) in [5.74, 6) is 4.50. The van der Waals surface area contributed by atoms with Crippen LogP contribution in [-0.4, -0.2) is 11.2 Å². The Bertz CT molecular complexity index is 374. The van der Waals surface area contributed by atoms with E-state index in [9.17, 15) is 13.2 Å². The lowest BCUT2D eigenvalue weighted by Gasteiger charge is -1.97. The lowest BCUT2D eigenvalue weighted by molar-refractivity contribution is -0.123. The molecule has 0 saturated carbocycles. The number of aromatic nitrogens is 1. The highest BCUT2D eigenvalue weighted by atomic mass is 19.4. The Morgan fingerprint density at radius 1 is 1.36 bits per heavy atom. The maximum absolute atomic E-state index is 11.7. The molecule has 0 amide bonds. The lowest BCUT2D eigenvalue weighted by Crippen LogP contribution is -2.04. The zero-order chi connectivity index (χ0) is 10.6. The number of nitrogen functional groups attached to an aromatic ring is 1. The molecule has 74 valence electrons. The topological polar surface area (TPSA) is 38.9 Å². The molecule has 0 aliphatic heterocycles. The number of hydrogen-bond donors (Lipinski definition) is 1. The fourth-order valence-corrected chi connectivity index (χ4v) is 0.756. The highest BCUT2D eigenvalue weighted by Crippen LogP contribution is 2.18. The minimum atomic E-state index is -4.26. The minimum Gasteiger partial charge on any atom is -0.384 e. The maximum atomic E-state index is 11.7. The van der Waals surface area contributed by atoms with E-state index in [0.717, 1.165) is 0 Å². The normalized spacial score (nSPS) is 10.5. The number of nitrogens with zero attached hydrogens (tertiary/aromatic N) is 1. The van der Waals surface area contributed by atoms with Crippen molar-refractivity contribution in [2.45, 2.75) is 12.6 Å². The van der Waals surface area contributed by atoms with Crippen LogP contribution in [0.25, 0.3) is 0 Å². The monoisotopic (exact) mass is 200 g/mol. The molecule has 14 heavy (non-hydrogen) atoms. The zero-order valence-electron chi connectivity index (χ0n) is 7.10. The Morgan fingerprint density at radius 3 is 2.64 bits per heavy atom. The Labute approximate surface area is 78.9 Å². The summed E-state index contributed by atoms with van der Waals surface area (Å²) in [6.45, 7) is 0. The number of anilines is 1. The molecule has 1 aromatic heterocycles. The molecule has 1 aromatic rings. The molecule has 2 N–H and O–H groups in total. The van der Waals surface area contributed by atoms with Gasteiger partial charge in [0.1, 0.15) is 17.9 Å². The van der Waals surface area contributed by atoms with Gasteiger partial charge in [0.05, 0.1) is 0 Å². The number of hydrogen-bond acceptors (Lipinski definition) is 2. The van der Waals surface area contributed by atoms with E-state index in [0.29, 0.717) is 0 Å². The van der Waals surface area contributed by atoms with E-state index >= 15 is 0 Å². The van der Waals surface area contributed by atoms with Crippen LogP contribution in [0.2, 0.25) is 0 Å². The van der Waals surface area contributed by atoms with Crippen molar-refractivity contribution < 1.29 is 13.2 Å². The average molecular weight is 200 g/mol. The SMILES string of the molecule is Nc1cccc(C#CCC(F)(F)F)n1. The van der Waals surface area contributed by atoms with Crippen LogP contribution in [0, 0.1) is 11.8 Å². The summed E-state index contributed by atoms with van der Waals surface area (Å²) in [7, 11) is 0. The van der Waals surface area contributed by atoms with E-state index < -0.39 is 12.6 Å². The summed E-state index contributed by atoms with van der Waals surface area (Å²) in [4.78, 5) is 3.73. The molecule has 0 aromatic carbocycles. The third-order valence-electron chi connectivity index (χ3n) is 1.28. The van der Waals surface area contributed by atoms with Crippen molar-refractivity contribution in [2.24, 2.45) is 0 Å². The van der Waals surface area contributed by atoms with Crippen molar-refractivity contribution in [1.82, 2.24) is 4.98 Å². The van der Waals surface area contributed by atoms with Crippen molar-refractivity contribution in [3.63, 3.8) is 0 Å². The number of pyridine rings is 1. The largest absolute Gasteiger partial charge is 0.399 e. The van der Waals surface area contributed by atoms with E-state index in [-0.39, 0.29) is 11.5 Å². The molecule has 1 heterocycles. The third kappa shape index (κ3) is 3.81. The second-order valence-electron chi connectivity index (χ2n) is 2.54. The lowest BCUT2D eigenvalue weighted by atomic mass is 10.3. The van der Waals surface area contributed by atoms with Crippen LogP contribution >= 0.6 is 0 Å². The van der Waals surface area contributed by atoms with Crippen molar-refractivity contribution >= 4 is 5.82 Å². The van der Waals surface area contributed by atoms with E-state index in [1.807, 2.05) is 5.92 Å². The van der Waals surface area contributed by atoms with Gasteiger partial charge in [0.15, 0.2) is 0 Å². The van der Waals surface area contributed by atoms with Gasteiger partial charge in [-0.1, -0.05) is 12.0 Å². The summed E-state index contributed by atoms with van der Waals surface area (Å²) in [5, 5.41) is 0. The van der Waals surface area contributed by atoms with Gasteiger partial charge in [-0.3, -0.25) is 0 Å². The summed E-state index contributed by atoms with van der Waals surface area (Å²) in [6, 6.07) is 4.62. The molecular formula is C9H7F3N2. The first-order valence-corrected chi connectivity index (χ1v) is 3.75. The van der Waals surface area contributed by atoms with Crippen LogP contribution in [0.15, 0.2) is 18.2 Å². The predicted molar refractivity (Wildman–Crippen MR) is 46.2 cm³/mol. The molecule has 0 spiro atoms. The standard InChI is InChI=1S/C9H7F3N2/c10-9(11,12)6-2-4-7-3-1-5-8(13)14-7/h1,3,5H,6H2,(H2,13,14). The Kier molecular flexibility index (Phi) is 2.97. The molecule has 0 unspecified atom stereocenters. The Morgan fingerprint density at radius 2 is 2.07 bits per heavy atom. The van der Waals surface area contributed by atoms with Gasteiger partial charge in [0, 0.05) is 0 Å². The van der Waals surface area contributed by atoms with E-state index in [1.165, 1.54) is 12.1 Å². The fraction of sp³-hybridized carbons (Fsp3) is 0.222. The molecule has 1 rings (SSSR count). The zero-order valence-corrected chi connectivity index (χ0v) is 7.10.